The molecule has 0 fully saturated rings. The molecule has 0 bridgehead atoms. The van der Waals surface area contributed by atoms with E-state index >= 15 is 0 Å². The summed E-state index contributed by atoms with van der Waals surface area (Å²) in [5.41, 5.74) is 0.611. The van der Waals surface area contributed by atoms with Gasteiger partial charge in [0.05, 0.1) is 5.56 Å². The Labute approximate surface area is 125 Å². The highest BCUT2D eigenvalue weighted by Crippen LogP contribution is 2.16. The molecule has 3 nitrogen and oxygen atoms in total. The molecular formula is C14H13BrN2OS. The van der Waals surface area contributed by atoms with Gasteiger partial charge in [-0.3, -0.25) is 9.78 Å². The van der Waals surface area contributed by atoms with Crippen molar-refractivity contribution in [2.45, 2.75) is 4.90 Å². The summed E-state index contributed by atoms with van der Waals surface area (Å²) >= 11 is 5.04. The minimum atomic E-state index is -0.0806. The fourth-order valence-electron chi connectivity index (χ4n) is 1.50. The second-order valence-electron chi connectivity index (χ2n) is 3.77. The zero-order valence-electron chi connectivity index (χ0n) is 10.2. The van der Waals surface area contributed by atoms with Crippen LogP contribution in [0.5, 0.6) is 0 Å². The lowest BCUT2D eigenvalue weighted by molar-refractivity contribution is 0.0955. The number of nitrogens with zero attached hydrogens (tertiary/aromatic N) is 1. The summed E-state index contributed by atoms with van der Waals surface area (Å²) in [6.45, 7) is 0.632. The summed E-state index contributed by atoms with van der Waals surface area (Å²) < 4.78 is 0.711. The van der Waals surface area contributed by atoms with E-state index in [2.05, 4.69) is 38.4 Å². The smallest absolute Gasteiger partial charge is 0.252 e. The van der Waals surface area contributed by atoms with Crippen molar-refractivity contribution < 1.29 is 4.79 Å². The lowest BCUT2D eigenvalue weighted by Gasteiger charge is -2.06. The van der Waals surface area contributed by atoms with Crippen LogP contribution >= 0.6 is 27.7 Å². The number of hydrogen-bond donors (Lipinski definition) is 1. The molecule has 0 saturated carbocycles. The Balaban J connectivity index is 1.77. The van der Waals surface area contributed by atoms with Gasteiger partial charge in [-0.05, 0) is 34.1 Å². The maximum atomic E-state index is 11.9. The van der Waals surface area contributed by atoms with E-state index in [1.54, 1.807) is 30.2 Å². The van der Waals surface area contributed by atoms with E-state index in [0.717, 1.165) is 5.75 Å². The first-order chi connectivity index (χ1) is 9.27. The molecule has 0 atom stereocenters. The number of aromatic nitrogens is 1. The van der Waals surface area contributed by atoms with Crippen LogP contribution in [0.2, 0.25) is 0 Å². The number of halogens is 1. The number of amides is 1. The van der Waals surface area contributed by atoms with E-state index < -0.39 is 0 Å². The Hall–Kier alpha value is -1.33. The summed E-state index contributed by atoms with van der Waals surface area (Å²) in [5.74, 6) is 0.765. The zero-order chi connectivity index (χ0) is 13.5. The van der Waals surface area contributed by atoms with Crippen molar-refractivity contribution in [1.29, 1.82) is 0 Å². The average Bonchev–Trinajstić information content (AvgIpc) is 2.45. The molecule has 2 aromatic rings. The Bertz CT molecular complexity index is 548. The number of rotatable bonds is 5. The number of thioether (sulfide) groups is 1. The van der Waals surface area contributed by atoms with Gasteiger partial charge in [0.15, 0.2) is 0 Å². The van der Waals surface area contributed by atoms with Crippen molar-refractivity contribution in [2.75, 3.05) is 12.3 Å². The molecule has 0 saturated heterocycles. The predicted molar refractivity (Wildman–Crippen MR) is 81.4 cm³/mol. The topological polar surface area (TPSA) is 42.0 Å². The maximum Gasteiger partial charge on any atom is 0.252 e. The van der Waals surface area contributed by atoms with Crippen molar-refractivity contribution in [3.63, 3.8) is 0 Å². The zero-order valence-corrected chi connectivity index (χ0v) is 12.6. The van der Waals surface area contributed by atoms with Crippen LogP contribution in [0.1, 0.15) is 10.4 Å². The van der Waals surface area contributed by atoms with Gasteiger partial charge in [0, 0.05) is 34.1 Å². The predicted octanol–water partition coefficient (Wildman–Crippen LogP) is 3.37. The molecule has 0 aliphatic rings. The number of hydrogen-bond acceptors (Lipinski definition) is 3. The van der Waals surface area contributed by atoms with E-state index in [0.29, 0.717) is 16.6 Å². The summed E-state index contributed by atoms with van der Waals surface area (Å²) in [7, 11) is 0. The van der Waals surface area contributed by atoms with Gasteiger partial charge in [0.1, 0.15) is 0 Å². The largest absolute Gasteiger partial charge is 0.351 e. The van der Waals surface area contributed by atoms with Crippen LogP contribution < -0.4 is 5.32 Å². The minimum Gasteiger partial charge on any atom is -0.351 e. The number of benzene rings is 1. The van der Waals surface area contributed by atoms with E-state index in [4.69, 9.17) is 0 Å². The number of carbonyl (C=O) groups excluding carboxylic acids is 1. The van der Waals surface area contributed by atoms with Gasteiger partial charge in [-0.1, -0.05) is 18.2 Å². The molecule has 0 unspecified atom stereocenters. The standard InChI is InChI=1S/C14H13BrN2OS/c15-13-10-16-7-6-12(13)14(18)17-8-9-19-11-4-2-1-3-5-11/h1-7,10H,8-9H2,(H,17,18). The molecular weight excluding hydrogens is 324 g/mol. The highest BCUT2D eigenvalue weighted by molar-refractivity contribution is 9.10. The third-order valence-electron chi connectivity index (χ3n) is 2.42. The lowest BCUT2D eigenvalue weighted by Crippen LogP contribution is -2.26. The van der Waals surface area contributed by atoms with Crippen LogP contribution in [0.15, 0.2) is 58.2 Å². The van der Waals surface area contributed by atoms with E-state index in [9.17, 15) is 4.79 Å². The third kappa shape index (κ3) is 4.36. The Morgan fingerprint density at radius 3 is 2.79 bits per heavy atom. The van der Waals surface area contributed by atoms with Crippen molar-refractivity contribution in [2.24, 2.45) is 0 Å². The molecule has 19 heavy (non-hydrogen) atoms. The van der Waals surface area contributed by atoms with Crippen molar-refractivity contribution in [3.05, 3.63) is 58.8 Å². The van der Waals surface area contributed by atoms with E-state index in [-0.39, 0.29) is 5.91 Å². The first-order valence-electron chi connectivity index (χ1n) is 5.83. The molecule has 1 amide bonds. The molecule has 1 N–H and O–H groups in total. The van der Waals surface area contributed by atoms with Gasteiger partial charge in [-0.2, -0.15) is 0 Å². The second-order valence-corrected chi connectivity index (χ2v) is 5.80. The SMILES string of the molecule is O=C(NCCSc1ccccc1)c1ccncc1Br. The molecule has 0 aliphatic carbocycles. The van der Waals surface area contributed by atoms with Crippen molar-refractivity contribution in [1.82, 2.24) is 10.3 Å². The van der Waals surface area contributed by atoms with Gasteiger partial charge >= 0.3 is 0 Å². The van der Waals surface area contributed by atoms with Crippen LogP contribution in [0.4, 0.5) is 0 Å². The molecule has 5 heteroatoms. The lowest BCUT2D eigenvalue weighted by atomic mass is 10.2. The Morgan fingerprint density at radius 2 is 2.05 bits per heavy atom. The van der Waals surface area contributed by atoms with Gasteiger partial charge in [0.2, 0.25) is 0 Å². The normalized spacial score (nSPS) is 10.2. The number of nitrogens with one attached hydrogen (secondary N) is 1. The number of carbonyl (C=O) groups is 1. The molecule has 0 aliphatic heterocycles. The molecule has 1 aromatic heterocycles. The van der Waals surface area contributed by atoms with E-state index in [1.165, 1.54) is 4.90 Å². The van der Waals surface area contributed by atoms with E-state index in [1.807, 2.05) is 18.2 Å². The molecule has 2 rings (SSSR count). The molecule has 1 heterocycles. The van der Waals surface area contributed by atoms with Crippen LogP contribution in [0.3, 0.4) is 0 Å². The summed E-state index contributed by atoms with van der Waals surface area (Å²) in [5, 5.41) is 2.89. The van der Waals surface area contributed by atoms with Gasteiger partial charge in [0.25, 0.3) is 5.91 Å². The monoisotopic (exact) mass is 336 g/mol. The van der Waals surface area contributed by atoms with Gasteiger partial charge < -0.3 is 5.32 Å². The third-order valence-corrected chi connectivity index (χ3v) is 4.06. The molecule has 0 spiro atoms. The van der Waals surface area contributed by atoms with Crippen LogP contribution in [-0.4, -0.2) is 23.2 Å². The first-order valence-corrected chi connectivity index (χ1v) is 7.61. The molecule has 0 radical (unpaired) electrons. The average molecular weight is 337 g/mol. The minimum absolute atomic E-state index is 0.0806. The Kier molecular flexibility index (Phi) is 5.42. The van der Waals surface area contributed by atoms with Gasteiger partial charge in [-0.25, -0.2) is 0 Å². The highest BCUT2D eigenvalue weighted by atomic mass is 79.9. The van der Waals surface area contributed by atoms with Crippen molar-refractivity contribution >= 4 is 33.6 Å². The summed E-state index contributed by atoms with van der Waals surface area (Å²) in [6, 6.07) is 11.8. The summed E-state index contributed by atoms with van der Waals surface area (Å²) in [4.78, 5) is 17.0. The Morgan fingerprint density at radius 1 is 1.26 bits per heavy atom. The fraction of sp³-hybridized carbons (Fsp3) is 0.143. The van der Waals surface area contributed by atoms with Gasteiger partial charge in [-0.15, -0.1) is 11.8 Å². The first kappa shape index (κ1) is 14.1. The fourth-order valence-corrected chi connectivity index (χ4v) is 2.72. The number of pyridine rings is 1. The summed E-state index contributed by atoms with van der Waals surface area (Å²) in [6.07, 6.45) is 3.23. The molecule has 1 aromatic carbocycles. The second kappa shape index (κ2) is 7.31. The van der Waals surface area contributed by atoms with Crippen molar-refractivity contribution in [3.8, 4) is 0 Å². The van der Waals surface area contributed by atoms with Crippen LogP contribution in [0, 0.1) is 0 Å². The molecule has 98 valence electrons. The van der Waals surface area contributed by atoms with Crippen LogP contribution in [-0.2, 0) is 0 Å². The quantitative estimate of drug-likeness (QED) is 0.672. The maximum absolute atomic E-state index is 11.9. The van der Waals surface area contributed by atoms with Crippen LogP contribution in [0.25, 0.3) is 0 Å². The highest BCUT2D eigenvalue weighted by Gasteiger charge is 2.08.